The molecule has 0 saturated carbocycles. The van der Waals surface area contributed by atoms with Gasteiger partial charge in [-0.2, -0.15) is 0 Å². The van der Waals surface area contributed by atoms with Gasteiger partial charge in [0.05, 0.1) is 17.7 Å². The third-order valence-corrected chi connectivity index (χ3v) is 4.76. The van der Waals surface area contributed by atoms with Crippen molar-refractivity contribution in [2.24, 2.45) is 0 Å². The summed E-state index contributed by atoms with van der Waals surface area (Å²) < 4.78 is 0. The number of amides is 3. The first-order valence-corrected chi connectivity index (χ1v) is 9.02. The minimum atomic E-state index is -0.631. The fourth-order valence-electron chi connectivity index (χ4n) is 3.12. The Labute approximate surface area is 170 Å². The molecule has 0 radical (unpaired) electrons. The predicted molar refractivity (Wildman–Crippen MR) is 106 cm³/mol. The second-order valence-electron chi connectivity index (χ2n) is 6.37. The van der Waals surface area contributed by atoms with Crippen molar-refractivity contribution < 1.29 is 19.5 Å². The molecule has 2 heterocycles. The number of fused-ring (bicyclic) bond motifs is 1. The zero-order valence-electron chi connectivity index (χ0n) is 14.9. The fraction of sp³-hybridized carbons (Fsp3) is 0.0476. The van der Waals surface area contributed by atoms with Crippen molar-refractivity contribution in [2.45, 2.75) is 6.54 Å². The van der Waals surface area contributed by atoms with Crippen molar-refractivity contribution in [3.63, 3.8) is 0 Å². The molecule has 29 heavy (non-hydrogen) atoms. The lowest BCUT2D eigenvalue weighted by Crippen LogP contribution is -2.29. The topological polar surface area (TPSA) is 99.6 Å². The molecule has 0 bridgehead atoms. The fourth-order valence-corrected chi connectivity index (χ4v) is 3.32. The average Bonchev–Trinajstić information content (AvgIpc) is 2.95. The Balaban J connectivity index is 1.63. The van der Waals surface area contributed by atoms with Crippen LogP contribution in [0.2, 0.25) is 5.02 Å². The van der Waals surface area contributed by atoms with Gasteiger partial charge in [-0.1, -0.05) is 23.7 Å². The maximum Gasteiger partial charge on any atom is 0.278 e. The lowest BCUT2D eigenvalue weighted by Gasteiger charge is -2.17. The van der Waals surface area contributed by atoms with Crippen LogP contribution in [0.15, 0.2) is 60.8 Å². The number of aromatic nitrogens is 1. The number of hydrogen-bond donors (Lipinski definition) is 2. The van der Waals surface area contributed by atoms with Crippen molar-refractivity contribution in [3.8, 4) is 5.75 Å². The number of halogens is 1. The van der Waals surface area contributed by atoms with E-state index in [1.54, 1.807) is 42.5 Å². The predicted octanol–water partition coefficient (Wildman–Crippen LogP) is 3.49. The Morgan fingerprint density at radius 3 is 2.38 bits per heavy atom. The maximum atomic E-state index is 12.6. The van der Waals surface area contributed by atoms with Gasteiger partial charge in [0.1, 0.15) is 5.75 Å². The summed E-state index contributed by atoms with van der Waals surface area (Å²) in [5, 5.41) is 12.9. The summed E-state index contributed by atoms with van der Waals surface area (Å²) >= 11 is 6.09. The minimum absolute atomic E-state index is 0.0727. The second-order valence-corrected chi connectivity index (χ2v) is 6.81. The van der Waals surface area contributed by atoms with Crippen LogP contribution in [0.5, 0.6) is 5.75 Å². The average molecular weight is 408 g/mol. The molecule has 2 aromatic carbocycles. The standard InChI is InChI=1S/C21H14ClN3O4/c22-13-7-8-16(24-19(27)18-17(26)6-3-9-23-18)12(10-13)11-25-20(28)14-4-1-2-5-15(14)21(25)29/h1-10,26H,11H2,(H,24,27). The van der Waals surface area contributed by atoms with E-state index in [9.17, 15) is 19.5 Å². The zero-order valence-corrected chi connectivity index (χ0v) is 15.7. The van der Waals surface area contributed by atoms with E-state index in [-0.39, 0.29) is 18.0 Å². The van der Waals surface area contributed by atoms with E-state index in [2.05, 4.69) is 10.3 Å². The normalized spacial score (nSPS) is 12.8. The number of rotatable bonds is 4. The number of benzene rings is 2. The summed E-state index contributed by atoms with van der Waals surface area (Å²) in [6, 6.07) is 14.1. The van der Waals surface area contributed by atoms with Gasteiger partial charge in [-0.25, -0.2) is 4.98 Å². The van der Waals surface area contributed by atoms with Crippen LogP contribution < -0.4 is 5.32 Å². The van der Waals surface area contributed by atoms with Crippen LogP contribution in [-0.2, 0) is 6.54 Å². The van der Waals surface area contributed by atoms with E-state index in [0.717, 1.165) is 4.90 Å². The Morgan fingerprint density at radius 2 is 1.72 bits per heavy atom. The lowest BCUT2D eigenvalue weighted by molar-refractivity contribution is 0.0642. The number of anilines is 1. The molecule has 0 atom stereocenters. The summed E-state index contributed by atoms with van der Waals surface area (Å²) in [6.45, 7) is -0.0727. The molecule has 0 unspecified atom stereocenters. The number of nitrogens with zero attached hydrogens (tertiary/aromatic N) is 2. The van der Waals surface area contributed by atoms with Crippen LogP contribution in [0.25, 0.3) is 0 Å². The minimum Gasteiger partial charge on any atom is -0.505 e. The van der Waals surface area contributed by atoms with Crippen LogP contribution in [0.1, 0.15) is 36.8 Å². The number of nitrogens with one attached hydrogen (secondary N) is 1. The highest BCUT2D eigenvalue weighted by Crippen LogP contribution is 2.28. The highest BCUT2D eigenvalue weighted by Gasteiger charge is 2.35. The Kier molecular flexibility index (Phi) is 4.74. The molecule has 1 aliphatic rings. The van der Waals surface area contributed by atoms with Crippen molar-refractivity contribution >= 4 is 35.0 Å². The first kappa shape index (κ1) is 18.6. The van der Waals surface area contributed by atoms with Crippen LogP contribution in [-0.4, -0.2) is 32.7 Å². The van der Waals surface area contributed by atoms with Gasteiger partial charge in [0.25, 0.3) is 17.7 Å². The number of pyridine rings is 1. The van der Waals surface area contributed by atoms with E-state index < -0.39 is 17.7 Å². The van der Waals surface area contributed by atoms with E-state index in [0.29, 0.717) is 27.4 Å². The van der Waals surface area contributed by atoms with Gasteiger partial charge >= 0.3 is 0 Å². The largest absolute Gasteiger partial charge is 0.505 e. The number of imide groups is 1. The number of carbonyl (C=O) groups is 3. The summed E-state index contributed by atoms with van der Waals surface area (Å²) in [5.41, 5.74) is 1.35. The highest BCUT2D eigenvalue weighted by molar-refractivity contribution is 6.30. The molecule has 8 heteroatoms. The molecule has 0 saturated heterocycles. The molecule has 2 N–H and O–H groups in total. The summed E-state index contributed by atoms with van der Waals surface area (Å²) in [6.07, 6.45) is 1.39. The number of carbonyl (C=O) groups excluding carboxylic acids is 3. The van der Waals surface area contributed by atoms with Crippen LogP contribution in [0.4, 0.5) is 5.69 Å². The number of hydrogen-bond acceptors (Lipinski definition) is 5. The Bertz CT molecular complexity index is 1130. The maximum absolute atomic E-state index is 12.6. The van der Waals surface area contributed by atoms with Crippen molar-refractivity contribution in [1.29, 1.82) is 0 Å². The Hall–Kier alpha value is -3.71. The molecule has 3 aromatic rings. The van der Waals surface area contributed by atoms with E-state index in [4.69, 9.17) is 11.6 Å². The van der Waals surface area contributed by atoms with E-state index in [1.165, 1.54) is 18.3 Å². The van der Waals surface area contributed by atoms with Gasteiger partial charge < -0.3 is 10.4 Å². The van der Waals surface area contributed by atoms with Crippen LogP contribution in [0, 0.1) is 0 Å². The molecule has 4 rings (SSSR count). The van der Waals surface area contributed by atoms with Crippen molar-refractivity contribution in [3.05, 3.63) is 88.2 Å². The second kappa shape index (κ2) is 7.37. The third kappa shape index (κ3) is 3.43. The molecule has 0 spiro atoms. The molecule has 1 aromatic heterocycles. The quantitative estimate of drug-likeness (QED) is 0.645. The summed E-state index contributed by atoms with van der Waals surface area (Å²) in [5.74, 6) is -1.72. The molecule has 1 aliphatic heterocycles. The van der Waals surface area contributed by atoms with Gasteiger partial charge in [-0.05, 0) is 48.0 Å². The zero-order chi connectivity index (χ0) is 20.5. The van der Waals surface area contributed by atoms with Crippen LogP contribution in [0.3, 0.4) is 0 Å². The summed E-state index contributed by atoms with van der Waals surface area (Å²) in [4.78, 5) is 42.7. The monoisotopic (exact) mass is 407 g/mol. The smallest absolute Gasteiger partial charge is 0.278 e. The van der Waals surface area contributed by atoms with Gasteiger partial charge in [0.15, 0.2) is 5.69 Å². The first-order chi connectivity index (χ1) is 14.0. The van der Waals surface area contributed by atoms with Gasteiger partial charge in [-0.15, -0.1) is 0 Å². The molecule has 3 amide bonds. The highest BCUT2D eigenvalue weighted by atomic mass is 35.5. The Morgan fingerprint density at radius 1 is 1.03 bits per heavy atom. The first-order valence-electron chi connectivity index (χ1n) is 8.64. The van der Waals surface area contributed by atoms with Crippen LogP contribution >= 0.6 is 11.6 Å². The van der Waals surface area contributed by atoms with Crippen molar-refractivity contribution in [1.82, 2.24) is 9.88 Å². The number of aromatic hydroxyl groups is 1. The van der Waals surface area contributed by atoms with E-state index >= 15 is 0 Å². The molecular formula is C21H14ClN3O4. The molecule has 0 aliphatic carbocycles. The molecule has 144 valence electrons. The van der Waals surface area contributed by atoms with Crippen molar-refractivity contribution in [2.75, 3.05) is 5.32 Å². The van der Waals surface area contributed by atoms with Gasteiger partial charge in [0.2, 0.25) is 0 Å². The van der Waals surface area contributed by atoms with Gasteiger partial charge in [0, 0.05) is 16.9 Å². The summed E-state index contributed by atoms with van der Waals surface area (Å²) in [7, 11) is 0. The lowest BCUT2D eigenvalue weighted by atomic mass is 10.1. The third-order valence-electron chi connectivity index (χ3n) is 4.52. The SMILES string of the molecule is O=C(Nc1ccc(Cl)cc1CN1C(=O)c2ccccc2C1=O)c1ncccc1O. The molecule has 7 nitrogen and oxygen atoms in total. The molecular weight excluding hydrogens is 394 g/mol. The molecule has 0 fully saturated rings. The van der Waals surface area contributed by atoms with E-state index in [1.807, 2.05) is 0 Å². The van der Waals surface area contributed by atoms with Gasteiger partial charge in [-0.3, -0.25) is 19.3 Å².